The summed E-state index contributed by atoms with van der Waals surface area (Å²) in [6, 6.07) is 7.89. The molecule has 0 amide bonds. The van der Waals surface area contributed by atoms with Crippen LogP contribution in [0.4, 0.5) is 0 Å². The summed E-state index contributed by atoms with van der Waals surface area (Å²) in [5.41, 5.74) is 1.92. The normalized spacial score (nSPS) is 13.1. The second-order valence-corrected chi connectivity index (χ2v) is 8.59. The van der Waals surface area contributed by atoms with Gasteiger partial charge in [0.1, 0.15) is 16.9 Å². The van der Waals surface area contributed by atoms with E-state index in [4.69, 9.17) is 4.74 Å². The molecule has 0 saturated carbocycles. The van der Waals surface area contributed by atoms with Crippen molar-refractivity contribution < 1.29 is 13.2 Å². The fourth-order valence-corrected chi connectivity index (χ4v) is 4.96. The van der Waals surface area contributed by atoms with E-state index in [1.165, 1.54) is 23.9 Å². The third kappa shape index (κ3) is 3.27. The van der Waals surface area contributed by atoms with E-state index in [0.717, 1.165) is 17.0 Å². The van der Waals surface area contributed by atoms with Gasteiger partial charge in [-0.25, -0.2) is 18.4 Å². The highest BCUT2D eigenvalue weighted by Gasteiger charge is 2.20. The molecule has 0 N–H and O–H groups in total. The molecule has 24 heavy (non-hydrogen) atoms. The number of hydrogen-bond donors (Lipinski definition) is 0. The van der Waals surface area contributed by atoms with E-state index >= 15 is 0 Å². The Morgan fingerprint density at radius 1 is 1.21 bits per heavy atom. The number of sulfone groups is 1. The summed E-state index contributed by atoms with van der Waals surface area (Å²) in [6.07, 6.45) is 3.36. The van der Waals surface area contributed by atoms with Gasteiger partial charge in [-0.15, -0.1) is 11.3 Å². The summed E-state index contributed by atoms with van der Waals surface area (Å²) >= 11 is 1.34. The van der Waals surface area contributed by atoms with Crippen LogP contribution in [0.25, 0.3) is 10.2 Å². The number of fused-ring (bicyclic) bond motifs is 1. The molecule has 2 heterocycles. The van der Waals surface area contributed by atoms with Gasteiger partial charge in [0.05, 0.1) is 23.1 Å². The number of hydrogen-bond acceptors (Lipinski definition) is 6. The van der Waals surface area contributed by atoms with Gasteiger partial charge >= 0.3 is 0 Å². The number of aromatic nitrogens is 2. The van der Waals surface area contributed by atoms with Crippen molar-refractivity contribution in [1.29, 1.82) is 0 Å². The summed E-state index contributed by atoms with van der Waals surface area (Å²) < 4.78 is 29.2. The third-order valence-electron chi connectivity index (χ3n) is 4.00. The molecule has 0 aliphatic heterocycles. The average Bonchev–Trinajstić information content (AvgIpc) is 3.00. The van der Waals surface area contributed by atoms with Crippen molar-refractivity contribution in [3.8, 4) is 5.75 Å². The number of nitrogens with zero attached hydrogens (tertiary/aromatic N) is 2. The molecule has 1 aromatic carbocycles. The van der Waals surface area contributed by atoms with Crippen LogP contribution in [0.2, 0.25) is 0 Å². The van der Waals surface area contributed by atoms with Crippen LogP contribution in [-0.4, -0.2) is 31.8 Å². The highest BCUT2D eigenvalue weighted by molar-refractivity contribution is 7.91. The van der Waals surface area contributed by atoms with Gasteiger partial charge in [-0.3, -0.25) is 0 Å². The molecule has 0 aliphatic carbocycles. The monoisotopic (exact) mass is 362 g/mol. The van der Waals surface area contributed by atoms with Crippen LogP contribution in [0.3, 0.4) is 0 Å². The lowest BCUT2D eigenvalue weighted by Gasteiger charge is -2.13. The molecule has 1 unspecified atom stereocenters. The summed E-state index contributed by atoms with van der Waals surface area (Å²) in [7, 11) is -1.67. The van der Waals surface area contributed by atoms with Crippen LogP contribution < -0.4 is 4.74 Å². The van der Waals surface area contributed by atoms with Gasteiger partial charge in [0.2, 0.25) is 0 Å². The molecular formula is C17H18N2O3S2. The molecule has 3 aromatic rings. The van der Waals surface area contributed by atoms with Gasteiger partial charge in [-0.2, -0.15) is 0 Å². The molecule has 0 saturated heterocycles. The lowest BCUT2D eigenvalue weighted by atomic mass is 9.95. The van der Waals surface area contributed by atoms with Crippen molar-refractivity contribution in [3.63, 3.8) is 0 Å². The minimum Gasteiger partial charge on any atom is -0.497 e. The maximum Gasteiger partial charge on any atom is 0.177 e. The van der Waals surface area contributed by atoms with Crippen molar-refractivity contribution in [2.45, 2.75) is 24.2 Å². The van der Waals surface area contributed by atoms with Gasteiger partial charge in [0, 0.05) is 11.6 Å². The Bertz CT molecular complexity index is 963. The number of ether oxygens (including phenoxy) is 1. The number of rotatable bonds is 5. The van der Waals surface area contributed by atoms with E-state index in [9.17, 15) is 8.42 Å². The molecule has 2 aromatic heterocycles. The van der Waals surface area contributed by atoms with Gasteiger partial charge < -0.3 is 4.74 Å². The summed E-state index contributed by atoms with van der Waals surface area (Å²) in [5.74, 6) is 1.01. The Balaban J connectivity index is 1.98. The van der Waals surface area contributed by atoms with Crippen LogP contribution in [0.15, 0.2) is 40.9 Å². The minimum absolute atomic E-state index is 0.196. The van der Waals surface area contributed by atoms with Crippen LogP contribution in [0.5, 0.6) is 5.75 Å². The van der Waals surface area contributed by atoms with E-state index in [-0.39, 0.29) is 5.92 Å². The van der Waals surface area contributed by atoms with Crippen molar-refractivity contribution in [3.05, 3.63) is 47.2 Å². The van der Waals surface area contributed by atoms with Crippen molar-refractivity contribution in [1.82, 2.24) is 9.97 Å². The van der Waals surface area contributed by atoms with Crippen LogP contribution in [0, 0.1) is 0 Å². The van der Waals surface area contributed by atoms with E-state index < -0.39 is 9.84 Å². The molecule has 5 nitrogen and oxygen atoms in total. The predicted octanol–water partition coefficient (Wildman–Crippen LogP) is 3.45. The maximum atomic E-state index is 12.0. The molecule has 0 fully saturated rings. The summed E-state index contributed by atoms with van der Waals surface area (Å²) in [6.45, 7) is 2.10. The first-order chi connectivity index (χ1) is 11.4. The smallest absolute Gasteiger partial charge is 0.177 e. The Morgan fingerprint density at radius 3 is 2.54 bits per heavy atom. The average molecular weight is 362 g/mol. The Labute approximate surface area is 145 Å². The molecule has 3 rings (SSSR count). The zero-order valence-corrected chi connectivity index (χ0v) is 15.3. The SMILES string of the molecule is COc1ccc(C(C)Cc2ncnc3scc(S(C)(=O)=O)c23)cc1. The standard InChI is InChI=1S/C17H18N2O3S2/c1-11(12-4-6-13(22-2)7-5-12)8-14-16-15(24(3,20)21)9-23-17(16)19-10-18-14/h4-7,9-11H,8H2,1-3H3. The third-order valence-corrected chi connectivity index (χ3v) is 6.16. The van der Waals surface area contributed by atoms with Crippen LogP contribution in [-0.2, 0) is 16.3 Å². The fourth-order valence-electron chi connectivity index (χ4n) is 2.68. The van der Waals surface area contributed by atoms with Crippen molar-refractivity contribution >= 4 is 31.4 Å². The van der Waals surface area contributed by atoms with E-state index in [2.05, 4.69) is 16.9 Å². The molecule has 126 valence electrons. The van der Waals surface area contributed by atoms with Gasteiger partial charge in [-0.05, 0) is 30.0 Å². The summed E-state index contributed by atoms with van der Waals surface area (Å²) in [5, 5.41) is 2.31. The lowest BCUT2D eigenvalue weighted by Crippen LogP contribution is -2.04. The second kappa shape index (κ2) is 6.49. The molecule has 0 radical (unpaired) electrons. The van der Waals surface area contributed by atoms with Gasteiger partial charge in [0.25, 0.3) is 0 Å². The van der Waals surface area contributed by atoms with Gasteiger partial charge in [-0.1, -0.05) is 19.1 Å². The number of methoxy groups -OCH3 is 1. The minimum atomic E-state index is -3.30. The first kappa shape index (κ1) is 16.9. The highest BCUT2D eigenvalue weighted by Crippen LogP contribution is 2.32. The molecule has 0 bridgehead atoms. The van der Waals surface area contributed by atoms with Crippen LogP contribution >= 0.6 is 11.3 Å². The summed E-state index contributed by atoms with van der Waals surface area (Å²) in [4.78, 5) is 9.59. The molecule has 0 spiro atoms. The molecular weight excluding hydrogens is 344 g/mol. The number of benzene rings is 1. The van der Waals surface area contributed by atoms with Crippen molar-refractivity contribution in [2.24, 2.45) is 0 Å². The highest BCUT2D eigenvalue weighted by atomic mass is 32.2. The topological polar surface area (TPSA) is 69.2 Å². The van der Waals surface area contributed by atoms with E-state index in [1.807, 2.05) is 24.3 Å². The predicted molar refractivity (Wildman–Crippen MR) is 95.6 cm³/mol. The van der Waals surface area contributed by atoms with E-state index in [1.54, 1.807) is 12.5 Å². The van der Waals surface area contributed by atoms with Gasteiger partial charge in [0.15, 0.2) is 9.84 Å². The van der Waals surface area contributed by atoms with Crippen molar-refractivity contribution in [2.75, 3.05) is 13.4 Å². The lowest BCUT2D eigenvalue weighted by molar-refractivity contribution is 0.414. The molecule has 7 heteroatoms. The first-order valence-electron chi connectivity index (χ1n) is 7.45. The zero-order valence-electron chi connectivity index (χ0n) is 13.7. The first-order valence-corrected chi connectivity index (χ1v) is 10.2. The number of thiophene rings is 1. The van der Waals surface area contributed by atoms with E-state index in [0.29, 0.717) is 21.5 Å². The molecule has 1 atom stereocenters. The Hall–Kier alpha value is -1.99. The Kier molecular flexibility index (Phi) is 4.56. The largest absolute Gasteiger partial charge is 0.497 e. The zero-order chi connectivity index (χ0) is 17.3. The second-order valence-electron chi connectivity index (χ2n) is 5.75. The fraction of sp³-hybridized carbons (Fsp3) is 0.294. The molecule has 0 aliphatic rings. The quantitative estimate of drug-likeness (QED) is 0.695. The van der Waals surface area contributed by atoms with Crippen LogP contribution in [0.1, 0.15) is 24.1 Å². The maximum absolute atomic E-state index is 12.0. The Morgan fingerprint density at radius 2 is 1.92 bits per heavy atom.